The molecule has 0 aromatic heterocycles. The normalized spacial score (nSPS) is 15.5. The van der Waals surface area contributed by atoms with Crippen LogP contribution in [-0.2, 0) is 14.4 Å². The van der Waals surface area contributed by atoms with Crippen molar-refractivity contribution in [1.82, 2.24) is 15.1 Å². The van der Waals surface area contributed by atoms with Crippen molar-refractivity contribution in [2.24, 2.45) is 5.92 Å². The molecule has 108 valence electrons. The van der Waals surface area contributed by atoms with Crippen LogP contribution in [0.25, 0.3) is 0 Å². The molecule has 0 radical (unpaired) electrons. The second-order valence-corrected chi connectivity index (χ2v) is 4.75. The SMILES string of the molecule is CCC(CC)C(=O)NCC(=O)N1CCN(C=O)CC1. The summed E-state index contributed by atoms with van der Waals surface area (Å²) in [6.45, 7) is 6.20. The van der Waals surface area contributed by atoms with Gasteiger partial charge in [-0.3, -0.25) is 14.4 Å². The van der Waals surface area contributed by atoms with Crippen LogP contribution in [0.5, 0.6) is 0 Å². The van der Waals surface area contributed by atoms with Crippen molar-refractivity contribution in [3.8, 4) is 0 Å². The molecule has 6 heteroatoms. The van der Waals surface area contributed by atoms with Crippen molar-refractivity contribution < 1.29 is 14.4 Å². The largest absolute Gasteiger partial charge is 0.347 e. The Labute approximate surface area is 114 Å². The van der Waals surface area contributed by atoms with Crippen LogP contribution < -0.4 is 5.32 Å². The third-order valence-corrected chi connectivity index (χ3v) is 3.59. The number of hydrogen-bond acceptors (Lipinski definition) is 3. The highest BCUT2D eigenvalue weighted by molar-refractivity contribution is 5.85. The number of nitrogens with zero attached hydrogens (tertiary/aromatic N) is 2. The molecule has 3 amide bonds. The second kappa shape index (κ2) is 7.76. The summed E-state index contributed by atoms with van der Waals surface area (Å²) in [6, 6.07) is 0. The fourth-order valence-corrected chi connectivity index (χ4v) is 2.16. The Morgan fingerprint density at radius 3 is 2.21 bits per heavy atom. The average molecular weight is 269 g/mol. The maximum absolute atomic E-state index is 11.9. The van der Waals surface area contributed by atoms with E-state index in [1.54, 1.807) is 9.80 Å². The van der Waals surface area contributed by atoms with Gasteiger partial charge in [-0.15, -0.1) is 0 Å². The third kappa shape index (κ3) is 4.54. The van der Waals surface area contributed by atoms with E-state index in [4.69, 9.17) is 0 Å². The first-order chi connectivity index (χ1) is 9.12. The van der Waals surface area contributed by atoms with E-state index in [0.717, 1.165) is 19.3 Å². The fraction of sp³-hybridized carbons (Fsp3) is 0.769. The standard InChI is InChI=1S/C13H23N3O3/c1-3-11(4-2)13(19)14-9-12(18)16-7-5-15(10-17)6-8-16/h10-11H,3-9H2,1-2H3,(H,14,19). The van der Waals surface area contributed by atoms with E-state index < -0.39 is 0 Å². The van der Waals surface area contributed by atoms with Gasteiger partial charge in [0.05, 0.1) is 6.54 Å². The lowest BCUT2D eigenvalue weighted by Crippen LogP contribution is -2.51. The molecular weight excluding hydrogens is 246 g/mol. The molecule has 0 aromatic carbocycles. The summed E-state index contributed by atoms with van der Waals surface area (Å²) in [4.78, 5) is 37.5. The monoisotopic (exact) mass is 269 g/mol. The molecule has 0 unspecified atom stereocenters. The van der Waals surface area contributed by atoms with Crippen molar-refractivity contribution in [2.75, 3.05) is 32.7 Å². The fourth-order valence-electron chi connectivity index (χ4n) is 2.16. The van der Waals surface area contributed by atoms with Crippen molar-refractivity contribution in [3.05, 3.63) is 0 Å². The molecule has 0 saturated carbocycles. The van der Waals surface area contributed by atoms with Crippen LogP contribution in [0.15, 0.2) is 0 Å². The first-order valence-electron chi connectivity index (χ1n) is 6.87. The van der Waals surface area contributed by atoms with E-state index in [2.05, 4.69) is 5.32 Å². The highest BCUT2D eigenvalue weighted by atomic mass is 16.2. The Morgan fingerprint density at radius 1 is 1.16 bits per heavy atom. The van der Waals surface area contributed by atoms with Crippen molar-refractivity contribution in [2.45, 2.75) is 26.7 Å². The molecule has 1 aliphatic rings. The first kappa shape index (κ1) is 15.5. The van der Waals surface area contributed by atoms with Gasteiger partial charge in [-0.1, -0.05) is 13.8 Å². The number of piperazine rings is 1. The van der Waals surface area contributed by atoms with Gasteiger partial charge in [-0.2, -0.15) is 0 Å². The van der Waals surface area contributed by atoms with Gasteiger partial charge in [-0.25, -0.2) is 0 Å². The van der Waals surface area contributed by atoms with Gasteiger partial charge in [0.25, 0.3) is 0 Å². The Bertz CT molecular complexity index is 321. The molecule has 0 bridgehead atoms. The summed E-state index contributed by atoms with van der Waals surface area (Å²) in [5, 5.41) is 2.69. The lowest BCUT2D eigenvalue weighted by atomic mass is 10.0. The summed E-state index contributed by atoms with van der Waals surface area (Å²) >= 11 is 0. The molecule has 1 saturated heterocycles. The molecule has 1 fully saturated rings. The predicted octanol–water partition coefficient (Wildman–Crippen LogP) is -0.161. The van der Waals surface area contributed by atoms with Crippen molar-refractivity contribution in [3.63, 3.8) is 0 Å². The van der Waals surface area contributed by atoms with Gasteiger partial charge in [0, 0.05) is 32.1 Å². The Balaban J connectivity index is 2.32. The third-order valence-electron chi connectivity index (χ3n) is 3.59. The molecule has 0 atom stereocenters. The van der Waals surface area contributed by atoms with Crippen LogP contribution in [0.2, 0.25) is 0 Å². The smallest absolute Gasteiger partial charge is 0.242 e. The number of nitrogens with one attached hydrogen (secondary N) is 1. The summed E-state index contributed by atoms with van der Waals surface area (Å²) in [5.41, 5.74) is 0. The number of carbonyl (C=O) groups excluding carboxylic acids is 3. The molecule has 0 spiro atoms. The number of amides is 3. The van der Waals surface area contributed by atoms with Crippen LogP contribution in [0, 0.1) is 5.92 Å². The first-order valence-corrected chi connectivity index (χ1v) is 6.87. The molecular formula is C13H23N3O3. The Hall–Kier alpha value is -1.59. The number of rotatable bonds is 6. The minimum absolute atomic E-state index is 0.0142. The number of carbonyl (C=O) groups is 3. The molecule has 1 heterocycles. The van der Waals surface area contributed by atoms with E-state index in [1.807, 2.05) is 13.8 Å². The minimum atomic E-state index is -0.0788. The average Bonchev–Trinajstić information content (AvgIpc) is 2.46. The molecule has 0 aliphatic carbocycles. The number of hydrogen-bond donors (Lipinski definition) is 1. The van der Waals surface area contributed by atoms with Gasteiger partial charge in [0.15, 0.2) is 0 Å². The lowest BCUT2D eigenvalue weighted by molar-refractivity contribution is -0.136. The van der Waals surface area contributed by atoms with Crippen LogP contribution in [0.4, 0.5) is 0 Å². The van der Waals surface area contributed by atoms with E-state index in [-0.39, 0.29) is 24.3 Å². The summed E-state index contributed by atoms with van der Waals surface area (Å²) in [6.07, 6.45) is 2.37. The van der Waals surface area contributed by atoms with Gasteiger partial charge >= 0.3 is 0 Å². The van der Waals surface area contributed by atoms with Gasteiger partial charge in [0.1, 0.15) is 0 Å². The van der Waals surface area contributed by atoms with E-state index in [0.29, 0.717) is 26.2 Å². The summed E-state index contributed by atoms with van der Waals surface area (Å²) < 4.78 is 0. The van der Waals surface area contributed by atoms with Gasteiger partial charge in [0.2, 0.25) is 18.2 Å². The molecule has 0 aromatic rings. The zero-order chi connectivity index (χ0) is 14.3. The van der Waals surface area contributed by atoms with Gasteiger partial charge in [-0.05, 0) is 12.8 Å². The van der Waals surface area contributed by atoms with Crippen LogP contribution in [0.1, 0.15) is 26.7 Å². The van der Waals surface area contributed by atoms with Crippen molar-refractivity contribution in [1.29, 1.82) is 0 Å². The van der Waals surface area contributed by atoms with Gasteiger partial charge < -0.3 is 15.1 Å². The topological polar surface area (TPSA) is 69.7 Å². The zero-order valence-electron chi connectivity index (χ0n) is 11.7. The molecule has 6 nitrogen and oxygen atoms in total. The van der Waals surface area contributed by atoms with E-state index in [9.17, 15) is 14.4 Å². The zero-order valence-corrected chi connectivity index (χ0v) is 11.7. The van der Waals surface area contributed by atoms with Crippen LogP contribution in [-0.4, -0.2) is 60.7 Å². The maximum Gasteiger partial charge on any atom is 0.242 e. The van der Waals surface area contributed by atoms with Crippen LogP contribution >= 0.6 is 0 Å². The minimum Gasteiger partial charge on any atom is -0.347 e. The highest BCUT2D eigenvalue weighted by Crippen LogP contribution is 2.07. The van der Waals surface area contributed by atoms with Crippen molar-refractivity contribution >= 4 is 18.2 Å². The lowest BCUT2D eigenvalue weighted by Gasteiger charge is -2.32. The summed E-state index contributed by atoms with van der Waals surface area (Å²) in [5.74, 6) is -0.144. The molecule has 1 rings (SSSR count). The Kier molecular flexibility index (Phi) is 6.32. The maximum atomic E-state index is 11.9. The van der Waals surface area contributed by atoms with E-state index in [1.165, 1.54) is 0 Å². The molecule has 1 aliphatic heterocycles. The Morgan fingerprint density at radius 2 is 1.74 bits per heavy atom. The molecule has 1 N–H and O–H groups in total. The van der Waals surface area contributed by atoms with Crippen LogP contribution in [0.3, 0.4) is 0 Å². The predicted molar refractivity (Wildman–Crippen MR) is 71.3 cm³/mol. The highest BCUT2D eigenvalue weighted by Gasteiger charge is 2.21. The summed E-state index contributed by atoms with van der Waals surface area (Å²) in [7, 11) is 0. The quantitative estimate of drug-likeness (QED) is 0.681. The van der Waals surface area contributed by atoms with E-state index >= 15 is 0 Å². The second-order valence-electron chi connectivity index (χ2n) is 4.75. The molecule has 19 heavy (non-hydrogen) atoms.